The maximum Gasteiger partial charge on any atom is 0.178 e. The molecule has 112 valence electrons. The van der Waals surface area contributed by atoms with Crippen molar-refractivity contribution < 1.29 is 0 Å². The number of rotatable bonds is 6. The van der Waals surface area contributed by atoms with Gasteiger partial charge in [0.25, 0.3) is 0 Å². The molecule has 21 heavy (non-hydrogen) atoms. The van der Waals surface area contributed by atoms with Gasteiger partial charge in [-0.15, -0.1) is 0 Å². The molecule has 0 spiro atoms. The van der Waals surface area contributed by atoms with Crippen LogP contribution in [-0.4, -0.2) is 33.0 Å². The van der Waals surface area contributed by atoms with Crippen LogP contribution in [0, 0.1) is 19.8 Å². The third-order valence-corrected chi connectivity index (χ3v) is 3.34. The normalized spacial score (nSPS) is 11.1. The van der Waals surface area contributed by atoms with Gasteiger partial charge in [-0.3, -0.25) is 0 Å². The van der Waals surface area contributed by atoms with Gasteiger partial charge < -0.3 is 5.32 Å². The first kappa shape index (κ1) is 15.5. The first-order valence-corrected chi connectivity index (χ1v) is 7.39. The first-order chi connectivity index (χ1) is 10.1. The van der Waals surface area contributed by atoms with E-state index in [0.29, 0.717) is 11.7 Å². The SMILES string of the molecule is Cc1nc(-c2ccncn2)nc(C)c1CCNCC(C)C. The highest BCUT2D eigenvalue weighted by Crippen LogP contribution is 2.16. The minimum atomic E-state index is 0.670. The van der Waals surface area contributed by atoms with E-state index in [9.17, 15) is 0 Å². The fraction of sp³-hybridized carbons (Fsp3) is 0.500. The lowest BCUT2D eigenvalue weighted by molar-refractivity contribution is 0.553. The highest BCUT2D eigenvalue weighted by molar-refractivity contribution is 5.49. The Bertz CT molecular complexity index is 557. The lowest BCUT2D eigenvalue weighted by atomic mass is 10.1. The van der Waals surface area contributed by atoms with Crippen LogP contribution in [0.3, 0.4) is 0 Å². The minimum absolute atomic E-state index is 0.670. The van der Waals surface area contributed by atoms with Crippen LogP contribution in [0.15, 0.2) is 18.6 Å². The van der Waals surface area contributed by atoms with Crippen molar-refractivity contribution in [3.8, 4) is 11.5 Å². The molecule has 0 aliphatic rings. The van der Waals surface area contributed by atoms with Gasteiger partial charge in [-0.05, 0) is 50.9 Å². The fourth-order valence-electron chi connectivity index (χ4n) is 2.24. The lowest BCUT2D eigenvalue weighted by Gasteiger charge is -2.12. The number of aryl methyl sites for hydroxylation is 2. The molecule has 2 aromatic rings. The second-order valence-corrected chi connectivity index (χ2v) is 5.64. The zero-order chi connectivity index (χ0) is 15.2. The van der Waals surface area contributed by atoms with E-state index in [4.69, 9.17) is 0 Å². The third-order valence-electron chi connectivity index (χ3n) is 3.34. The van der Waals surface area contributed by atoms with Crippen molar-refractivity contribution in [2.75, 3.05) is 13.1 Å². The predicted molar refractivity (Wildman–Crippen MR) is 83.9 cm³/mol. The van der Waals surface area contributed by atoms with E-state index in [2.05, 4.69) is 39.1 Å². The topological polar surface area (TPSA) is 63.6 Å². The average Bonchev–Trinajstić information content (AvgIpc) is 2.46. The molecule has 1 N–H and O–H groups in total. The monoisotopic (exact) mass is 285 g/mol. The Hall–Kier alpha value is -1.88. The van der Waals surface area contributed by atoms with Crippen LogP contribution in [0.2, 0.25) is 0 Å². The second-order valence-electron chi connectivity index (χ2n) is 5.64. The summed E-state index contributed by atoms with van der Waals surface area (Å²) in [7, 11) is 0. The molecule has 2 heterocycles. The molecule has 0 bridgehead atoms. The van der Waals surface area contributed by atoms with Crippen LogP contribution in [0.1, 0.15) is 30.8 Å². The standard InChI is InChI=1S/C16H23N5/c1-11(2)9-17-7-5-14-12(3)20-16(21-13(14)4)15-6-8-18-10-19-15/h6,8,10-11,17H,5,7,9H2,1-4H3. The largest absolute Gasteiger partial charge is 0.316 e. The van der Waals surface area contributed by atoms with Gasteiger partial charge in [-0.2, -0.15) is 0 Å². The van der Waals surface area contributed by atoms with Crippen LogP contribution in [0.5, 0.6) is 0 Å². The van der Waals surface area contributed by atoms with Crippen LogP contribution < -0.4 is 5.32 Å². The lowest BCUT2D eigenvalue weighted by Crippen LogP contribution is -2.23. The van der Waals surface area contributed by atoms with Gasteiger partial charge in [0.05, 0.1) is 0 Å². The zero-order valence-corrected chi connectivity index (χ0v) is 13.2. The number of nitrogens with one attached hydrogen (secondary N) is 1. The van der Waals surface area contributed by atoms with E-state index in [-0.39, 0.29) is 0 Å². The summed E-state index contributed by atoms with van der Waals surface area (Å²) in [5.74, 6) is 1.34. The van der Waals surface area contributed by atoms with Gasteiger partial charge in [0, 0.05) is 17.6 Å². The van der Waals surface area contributed by atoms with Gasteiger partial charge in [0.15, 0.2) is 5.82 Å². The van der Waals surface area contributed by atoms with Gasteiger partial charge in [0.2, 0.25) is 0 Å². The average molecular weight is 285 g/mol. The van der Waals surface area contributed by atoms with Crippen molar-refractivity contribution in [2.24, 2.45) is 5.92 Å². The molecular formula is C16H23N5. The smallest absolute Gasteiger partial charge is 0.178 e. The fourth-order valence-corrected chi connectivity index (χ4v) is 2.24. The molecular weight excluding hydrogens is 262 g/mol. The molecule has 0 unspecified atom stereocenters. The first-order valence-electron chi connectivity index (χ1n) is 7.39. The van der Waals surface area contributed by atoms with E-state index >= 15 is 0 Å². The summed E-state index contributed by atoms with van der Waals surface area (Å²) in [4.78, 5) is 17.3. The molecule has 0 saturated carbocycles. The maximum absolute atomic E-state index is 4.59. The summed E-state index contributed by atoms with van der Waals surface area (Å²) in [6.45, 7) is 10.5. The summed E-state index contributed by atoms with van der Waals surface area (Å²) in [6.07, 6.45) is 4.18. The Balaban J connectivity index is 2.11. The molecule has 0 radical (unpaired) electrons. The number of nitrogens with zero attached hydrogens (tertiary/aromatic N) is 4. The predicted octanol–water partition coefficient (Wildman–Crippen LogP) is 2.34. The summed E-state index contributed by atoms with van der Waals surface area (Å²) in [5.41, 5.74) is 4.05. The van der Waals surface area contributed by atoms with Crippen LogP contribution in [0.4, 0.5) is 0 Å². The van der Waals surface area contributed by atoms with Gasteiger partial charge in [-0.25, -0.2) is 19.9 Å². The summed E-state index contributed by atoms with van der Waals surface area (Å²) in [6, 6.07) is 1.83. The highest BCUT2D eigenvalue weighted by atomic mass is 14.9. The van der Waals surface area contributed by atoms with Crippen molar-refractivity contribution in [3.63, 3.8) is 0 Å². The van der Waals surface area contributed by atoms with Crippen molar-refractivity contribution >= 4 is 0 Å². The van der Waals surface area contributed by atoms with Gasteiger partial charge in [-0.1, -0.05) is 13.8 Å². The second kappa shape index (κ2) is 7.22. The van der Waals surface area contributed by atoms with E-state index in [1.54, 1.807) is 6.20 Å². The molecule has 0 saturated heterocycles. The van der Waals surface area contributed by atoms with E-state index in [1.807, 2.05) is 19.9 Å². The Morgan fingerprint density at radius 2 is 1.86 bits per heavy atom. The molecule has 5 heteroatoms. The molecule has 2 aromatic heterocycles. The summed E-state index contributed by atoms with van der Waals surface area (Å²) in [5, 5.41) is 3.46. The molecule has 0 amide bonds. The quantitative estimate of drug-likeness (QED) is 0.825. The Morgan fingerprint density at radius 3 is 2.43 bits per heavy atom. The minimum Gasteiger partial charge on any atom is -0.316 e. The van der Waals surface area contributed by atoms with Crippen LogP contribution in [-0.2, 0) is 6.42 Å². The van der Waals surface area contributed by atoms with Crippen molar-refractivity contribution in [1.29, 1.82) is 0 Å². The van der Waals surface area contributed by atoms with E-state index < -0.39 is 0 Å². The Kier molecular flexibility index (Phi) is 5.33. The molecule has 0 atom stereocenters. The van der Waals surface area contributed by atoms with Gasteiger partial charge >= 0.3 is 0 Å². The summed E-state index contributed by atoms with van der Waals surface area (Å²) < 4.78 is 0. The molecule has 0 aromatic carbocycles. The number of hydrogen-bond acceptors (Lipinski definition) is 5. The summed E-state index contributed by atoms with van der Waals surface area (Å²) >= 11 is 0. The molecule has 0 aliphatic heterocycles. The van der Waals surface area contributed by atoms with Crippen molar-refractivity contribution in [1.82, 2.24) is 25.3 Å². The van der Waals surface area contributed by atoms with Crippen molar-refractivity contribution in [2.45, 2.75) is 34.1 Å². The van der Waals surface area contributed by atoms with Crippen molar-refractivity contribution in [3.05, 3.63) is 35.5 Å². The number of hydrogen-bond donors (Lipinski definition) is 1. The Labute approximate surface area is 126 Å². The van der Waals surface area contributed by atoms with Crippen LogP contribution in [0.25, 0.3) is 11.5 Å². The molecule has 5 nitrogen and oxygen atoms in total. The molecule has 0 aliphatic carbocycles. The third kappa shape index (κ3) is 4.29. The zero-order valence-electron chi connectivity index (χ0n) is 13.2. The van der Waals surface area contributed by atoms with Crippen LogP contribution >= 0.6 is 0 Å². The molecule has 2 rings (SSSR count). The number of aromatic nitrogens is 4. The molecule has 0 fully saturated rings. The Morgan fingerprint density at radius 1 is 1.14 bits per heavy atom. The van der Waals surface area contributed by atoms with E-state index in [0.717, 1.165) is 36.6 Å². The maximum atomic E-state index is 4.59. The van der Waals surface area contributed by atoms with E-state index in [1.165, 1.54) is 11.9 Å². The highest BCUT2D eigenvalue weighted by Gasteiger charge is 2.10. The van der Waals surface area contributed by atoms with Gasteiger partial charge in [0.1, 0.15) is 12.0 Å².